The lowest BCUT2D eigenvalue weighted by Crippen LogP contribution is -2.00. The first-order valence-electron chi connectivity index (χ1n) is 7.82. The number of benzene rings is 2. The third-order valence-electron chi connectivity index (χ3n) is 3.57. The second-order valence-electron chi connectivity index (χ2n) is 5.44. The highest BCUT2D eigenvalue weighted by atomic mass is 35.7. The summed E-state index contributed by atoms with van der Waals surface area (Å²) in [5.41, 5.74) is 1.50. The Bertz CT molecular complexity index is 775. The molecule has 2 aromatic carbocycles. The number of non-ortho nitro benzene ring substituents is 2. The van der Waals surface area contributed by atoms with E-state index in [0.717, 1.165) is 11.1 Å². The highest BCUT2D eigenvalue weighted by Crippen LogP contribution is 2.53. The van der Waals surface area contributed by atoms with Crippen LogP contribution in [0.4, 0.5) is 11.4 Å². The van der Waals surface area contributed by atoms with Crippen LogP contribution in [0.3, 0.4) is 0 Å². The molecule has 0 spiro atoms. The van der Waals surface area contributed by atoms with E-state index in [2.05, 4.69) is 0 Å². The molecule has 9 nitrogen and oxygen atoms in total. The zero-order valence-corrected chi connectivity index (χ0v) is 15.7. The zero-order valence-electron chi connectivity index (χ0n) is 14.0. The van der Waals surface area contributed by atoms with Gasteiger partial charge in [-0.3, -0.25) is 29.3 Å². The topological polar surface area (TPSA) is 122 Å². The van der Waals surface area contributed by atoms with Crippen molar-refractivity contribution in [1.29, 1.82) is 0 Å². The third kappa shape index (κ3) is 7.07. The number of hydrogen-bond acceptors (Lipinski definition) is 7. The van der Waals surface area contributed by atoms with Gasteiger partial charge in [0.05, 0.1) is 23.1 Å². The molecule has 0 radical (unpaired) electrons. The Kier molecular flexibility index (Phi) is 7.44. The first kappa shape index (κ1) is 21.0. The van der Waals surface area contributed by atoms with Gasteiger partial charge in [-0.15, -0.1) is 0 Å². The molecule has 0 aliphatic carbocycles. The van der Waals surface area contributed by atoms with Crippen LogP contribution < -0.4 is 0 Å². The van der Waals surface area contributed by atoms with E-state index in [1.165, 1.54) is 24.3 Å². The molecule has 27 heavy (non-hydrogen) atoms. The van der Waals surface area contributed by atoms with Crippen LogP contribution in [0, 0.1) is 20.2 Å². The van der Waals surface area contributed by atoms with Crippen LogP contribution in [0.1, 0.15) is 11.1 Å². The fourth-order valence-electron chi connectivity index (χ4n) is 2.15. The maximum atomic E-state index is 12.0. The molecule has 0 aromatic heterocycles. The van der Waals surface area contributed by atoms with E-state index < -0.39 is 16.8 Å². The van der Waals surface area contributed by atoms with Gasteiger partial charge in [0, 0.05) is 35.5 Å². The SMILES string of the molecule is O=[N+]([O-])c1ccc(CCOP(=O)(Cl)OCCc2ccc([N+](=O)[O-])cc2)cc1. The minimum Gasteiger partial charge on any atom is -0.297 e. The third-order valence-corrected chi connectivity index (χ3v) is 5.13. The summed E-state index contributed by atoms with van der Waals surface area (Å²) in [6, 6.07) is 11.8. The van der Waals surface area contributed by atoms with E-state index in [1.54, 1.807) is 24.3 Å². The minimum atomic E-state index is -3.76. The van der Waals surface area contributed by atoms with Gasteiger partial charge >= 0.3 is 6.95 Å². The van der Waals surface area contributed by atoms with Crippen LogP contribution >= 0.6 is 18.2 Å². The number of rotatable bonds is 10. The first-order chi connectivity index (χ1) is 12.8. The van der Waals surface area contributed by atoms with Crippen molar-refractivity contribution in [3.05, 3.63) is 79.9 Å². The molecule has 144 valence electrons. The van der Waals surface area contributed by atoms with Crippen molar-refractivity contribution in [1.82, 2.24) is 0 Å². The predicted molar refractivity (Wildman–Crippen MR) is 99.0 cm³/mol. The summed E-state index contributed by atoms with van der Waals surface area (Å²) in [6.07, 6.45) is 0.723. The van der Waals surface area contributed by atoms with Gasteiger partial charge in [-0.05, 0) is 24.0 Å². The molecule has 0 heterocycles. The van der Waals surface area contributed by atoms with Gasteiger partial charge in [-0.2, -0.15) is 0 Å². The predicted octanol–water partition coefficient (Wildman–Crippen LogP) is 4.67. The molecular weight excluding hydrogens is 399 g/mol. The van der Waals surface area contributed by atoms with E-state index in [9.17, 15) is 24.8 Å². The molecule has 0 N–H and O–H groups in total. The van der Waals surface area contributed by atoms with Crippen molar-refractivity contribution < 1.29 is 23.5 Å². The number of halogens is 1. The van der Waals surface area contributed by atoms with E-state index in [0.29, 0.717) is 12.8 Å². The van der Waals surface area contributed by atoms with Crippen LogP contribution in [0.2, 0.25) is 0 Å². The maximum absolute atomic E-state index is 12.0. The highest BCUT2D eigenvalue weighted by Gasteiger charge is 2.20. The van der Waals surface area contributed by atoms with Gasteiger partial charge in [-0.1, -0.05) is 24.3 Å². The molecule has 0 aliphatic rings. The Labute approximate surface area is 159 Å². The zero-order chi connectivity index (χ0) is 19.9. The van der Waals surface area contributed by atoms with Crippen molar-refractivity contribution in [2.75, 3.05) is 13.2 Å². The summed E-state index contributed by atoms with van der Waals surface area (Å²) in [7, 11) is 0. The summed E-state index contributed by atoms with van der Waals surface area (Å²) in [5, 5.41) is 21.2. The van der Waals surface area contributed by atoms with Gasteiger partial charge < -0.3 is 0 Å². The van der Waals surface area contributed by atoms with Crippen LogP contribution in [-0.2, 0) is 26.5 Å². The first-order valence-corrected chi connectivity index (χ1v) is 10.3. The molecule has 0 saturated heterocycles. The summed E-state index contributed by atoms with van der Waals surface area (Å²) >= 11 is 5.73. The van der Waals surface area contributed by atoms with Gasteiger partial charge in [0.2, 0.25) is 0 Å². The molecule has 2 rings (SSSR count). The van der Waals surface area contributed by atoms with E-state index in [4.69, 9.17) is 20.3 Å². The number of nitrogens with zero attached hydrogens (tertiary/aromatic N) is 2. The molecule has 0 fully saturated rings. The molecule has 0 aliphatic heterocycles. The minimum absolute atomic E-state index is 0.0164. The van der Waals surface area contributed by atoms with Crippen molar-refractivity contribution in [2.24, 2.45) is 0 Å². The van der Waals surface area contributed by atoms with Gasteiger partial charge in [0.15, 0.2) is 0 Å². The molecular formula is C16H16ClN2O7P. The maximum Gasteiger partial charge on any atom is 0.424 e. The Morgan fingerprint density at radius 2 is 1.11 bits per heavy atom. The number of hydrogen-bond donors (Lipinski definition) is 0. The molecule has 11 heteroatoms. The Morgan fingerprint density at radius 1 is 0.778 bits per heavy atom. The standard InChI is InChI=1S/C16H16ClN2O7P/c17-27(24,25-11-9-13-1-5-15(6-2-13)18(20)21)26-12-10-14-3-7-16(8-4-14)19(22)23/h1-8H,9-12H2. The summed E-state index contributed by atoms with van der Waals surface area (Å²) in [4.78, 5) is 20.2. The van der Waals surface area contributed by atoms with E-state index in [1.807, 2.05) is 0 Å². The van der Waals surface area contributed by atoms with Crippen LogP contribution in [-0.4, -0.2) is 23.1 Å². The fourth-order valence-corrected chi connectivity index (χ4v) is 3.26. The van der Waals surface area contributed by atoms with Crippen LogP contribution in [0.25, 0.3) is 0 Å². The largest absolute Gasteiger partial charge is 0.424 e. The van der Waals surface area contributed by atoms with Gasteiger partial charge in [-0.25, -0.2) is 4.57 Å². The lowest BCUT2D eigenvalue weighted by Gasteiger charge is -2.12. The Hall–Kier alpha value is -2.32. The Morgan fingerprint density at radius 3 is 1.41 bits per heavy atom. The second kappa shape index (κ2) is 9.57. The normalized spacial score (nSPS) is 11.3. The molecule has 0 saturated carbocycles. The van der Waals surface area contributed by atoms with Crippen molar-refractivity contribution in [3.8, 4) is 0 Å². The molecule has 0 unspecified atom stereocenters. The summed E-state index contributed by atoms with van der Waals surface area (Å²) in [5.74, 6) is 0. The lowest BCUT2D eigenvalue weighted by atomic mass is 10.1. The van der Waals surface area contributed by atoms with Crippen molar-refractivity contribution in [2.45, 2.75) is 12.8 Å². The van der Waals surface area contributed by atoms with Gasteiger partial charge in [0.25, 0.3) is 11.4 Å². The second-order valence-corrected chi connectivity index (χ2v) is 8.06. The molecule has 0 amide bonds. The van der Waals surface area contributed by atoms with Crippen molar-refractivity contribution in [3.63, 3.8) is 0 Å². The van der Waals surface area contributed by atoms with Crippen LogP contribution in [0.5, 0.6) is 0 Å². The average molecular weight is 415 g/mol. The lowest BCUT2D eigenvalue weighted by molar-refractivity contribution is -0.385. The smallest absolute Gasteiger partial charge is 0.297 e. The molecule has 0 bridgehead atoms. The van der Waals surface area contributed by atoms with Crippen molar-refractivity contribution >= 4 is 29.6 Å². The van der Waals surface area contributed by atoms with E-state index >= 15 is 0 Å². The summed E-state index contributed by atoms with van der Waals surface area (Å²) < 4.78 is 22.2. The number of nitro groups is 2. The fraction of sp³-hybridized carbons (Fsp3) is 0.250. The van der Waals surface area contributed by atoms with Crippen LogP contribution in [0.15, 0.2) is 48.5 Å². The average Bonchev–Trinajstić information content (AvgIpc) is 2.62. The monoisotopic (exact) mass is 414 g/mol. The van der Waals surface area contributed by atoms with Gasteiger partial charge in [0.1, 0.15) is 0 Å². The molecule has 2 aromatic rings. The molecule has 0 atom stereocenters. The summed E-state index contributed by atoms with van der Waals surface area (Å²) in [6.45, 7) is -3.71. The van der Waals surface area contributed by atoms with E-state index in [-0.39, 0.29) is 24.6 Å². The Balaban J connectivity index is 1.73. The quantitative estimate of drug-likeness (QED) is 0.314. The highest BCUT2D eigenvalue weighted by molar-refractivity contribution is 7.81. The number of nitro benzene ring substituents is 2.